The van der Waals surface area contributed by atoms with Gasteiger partial charge in [-0.25, -0.2) is 4.39 Å². The minimum absolute atomic E-state index is 0.288. The van der Waals surface area contributed by atoms with Gasteiger partial charge >= 0.3 is 0 Å². The number of nitrogens with two attached hydrogens (primary N) is 1. The average Bonchev–Trinajstić information content (AvgIpc) is 2.30. The Bertz CT molecular complexity index is 361. The molecule has 0 aliphatic carbocycles. The highest BCUT2D eigenvalue weighted by molar-refractivity contribution is 9.10. The molecule has 1 aromatic carbocycles. The Hall–Kier alpha value is -0.420. The predicted octanol–water partition coefficient (Wildman–Crippen LogP) is 4.12. The monoisotopic (exact) mass is 320 g/mol. The van der Waals surface area contributed by atoms with E-state index in [9.17, 15) is 4.39 Å². The van der Waals surface area contributed by atoms with Gasteiger partial charge in [-0.3, -0.25) is 0 Å². The van der Waals surface area contributed by atoms with Crippen molar-refractivity contribution in [2.75, 3.05) is 29.6 Å². The van der Waals surface area contributed by atoms with Crippen molar-refractivity contribution in [1.82, 2.24) is 0 Å². The first kappa shape index (κ1) is 14.6. The van der Waals surface area contributed by atoms with Crippen LogP contribution in [-0.4, -0.2) is 18.6 Å². The van der Waals surface area contributed by atoms with Gasteiger partial charge in [0.1, 0.15) is 5.82 Å². The molecule has 17 heavy (non-hydrogen) atoms. The lowest BCUT2D eigenvalue weighted by Gasteiger charge is -2.10. The third kappa shape index (κ3) is 5.17. The Morgan fingerprint density at radius 1 is 1.35 bits per heavy atom. The molecule has 0 aliphatic rings. The minimum Gasteiger partial charge on any atom is -0.397 e. The number of nitrogen functional groups attached to an aromatic ring is 1. The molecule has 0 aromatic heterocycles. The van der Waals surface area contributed by atoms with E-state index in [4.69, 9.17) is 5.73 Å². The van der Waals surface area contributed by atoms with Crippen LogP contribution in [0.5, 0.6) is 0 Å². The van der Waals surface area contributed by atoms with Crippen LogP contribution in [0.3, 0.4) is 0 Å². The predicted molar refractivity (Wildman–Crippen MR) is 79.2 cm³/mol. The summed E-state index contributed by atoms with van der Waals surface area (Å²) in [6.45, 7) is 0.833. The van der Waals surface area contributed by atoms with E-state index < -0.39 is 0 Å². The van der Waals surface area contributed by atoms with Crippen molar-refractivity contribution in [3.05, 3.63) is 22.4 Å². The van der Waals surface area contributed by atoms with Crippen LogP contribution in [0, 0.1) is 5.82 Å². The van der Waals surface area contributed by atoms with Crippen molar-refractivity contribution >= 4 is 39.1 Å². The fraction of sp³-hybridized carbons (Fsp3) is 0.500. The van der Waals surface area contributed by atoms with Crippen LogP contribution in [0.25, 0.3) is 0 Å². The number of nitrogens with one attached hydrogen (secondary N) is 1. The molecule has 2 nitrogen and oxygen atoms in total. The molecular weight excluding hydrogens is 303 g/mol. The number of hydrogen-bond donors (Lipinski definition) is 2. The fourth-order valence-electron chi connectivity index (χ4n) is 1.49. The van der Waals surface area contributed by atoms with Crippen LogP contribution < -0.4 is 11.1 Å². The summed E-state index contributed by atoms with van der Waals surface area (Å²) in [7, 11) is 0. The third-order valence-corrected chi connectivity index (χ3v) is 3.74. The number of unbranched alkanes of at least 4 members (excludes halogenated alkanes) is 2. The van der Waals surface area contributed by atoms with Crippen molar-refractivity contribution in [2.45, 2.75) is 19.3 Å². The van der Waals surface area contributed by atoms with Gasteiger partial charge in [-0.15, -0.1) is 0 Å². The highest BCUT2D eigenvalue weighted by Crippen LogP contribution is 2.26. The highest BCUT2D eigenvalue weighted by Gasteiger charge is 2.05. The molecule has 0 aliphatic heterocycles. The molecule has 3 N–H and O–H groups in total. The largest absolute Gasteiger partial charge is 0.397 e. The Morgan fingerprint density at radius 3 is 2.82 bits per heavy atom. The number of thioether (sulfide) groups is 1. The van der Waals surface area contributed by atoms with Crippen LogP contribution in [0.4, 0.5) is 15.8 Å². The van der Waals surface area contributed by atoms with Crippen LogP contribution >= 0.6 is 27.7 Å². The highest BCUT2D eigenvalue weighted by atomic mass is 79.9. The van der Waals surface area contributed by atoms with Gasteiger partial charge in [0.05, 0.1) is 15.8 Å². The van der Waals surface area contributed by atoms with Crippen molar-refractivity contribution in [3.8, 4) is 0 Å². The van der Waals surface area contributed by atoms with Gasteiger partial charge in [0.2, 0.25) is 0 Å². The number of anilines is 2. The maximum atomic E-state index is 13.3. The normalized spacial score (nSPS) is 10.5. The third-order valence-electron chi connectivity index (χ3n) is 2.43. The van der Waals surface area contributed by atoms with Gasteiger partial charge in [0, 0.05) is 12.6 Å². The first-order valence-electron chi connectivity index (χ1n) is 5.62. The number of rotatable bonds is 7. The summed E-state index contributed by atoms with van der Waals surface area (Å²) in [6, 6.07) is 3.02. The summed E-state index contributed by atoms with van der Waals surface area (Å²) in [5.74, 6) is 0.916. The van der Waals surface area contributed by atoms with Gasteiger partial charge in [-0.2, -0.15) is 11.8 Å². The topological polar surface area (TPSA) is 38.0 Å². The molecule has 0 atom stereocenters. The summed E-state index contributed by atoms with van der Waals surface area (Å²) in [4.78, 5) is 0. The minimum atomic E-state index is -0.288. The second-order valence-corrected chi connectivity index (χ2v) is 5.67. The standard InChI is InChI=1S/C12H18BrFN2S/c1-17-6-4-2-3-5-16-12-8-10(14)9(13)7-11(12)15/h7-8,16H,2-6,15H2,1H3. The molecule has 0 fully saturated rings. The summed E-state index contributed by atoms with van der Waals surface area (Å²) < 4.78 is 13.7. The fourth-order valence-corrected chi connectivity index (χ4v) is 2.34. The van der Waals surface area contributed by atoms with E-state index in [2.05, 4.69) is 27.5 Å². The van der Waals surface area contributed by atoms with Crippen LogP contribution in [0.1, 0.15) is 19.3 Å². The Balaban J connectivity index is 2.34. The molecule has 0 saturated carbocycles. The van der Waals surface area contributed by atoms with E-state index in [1.54, 1.807) is 6.07 Å². The Kier molecular flexibility index (Phi) is 6.73. The Morgan fingerprint density at radius 2 is 2.12 bits per heavy atom. The van der Waals surface area contributed by atoms with Gasteiger partial charge in [-0.1, -0.05) is 6.42 Å². The molecule has 0 unspecified atom stereocenters. The lowest BCUT2D eigenvalue weighted by atomic mass is 10.2. The van der Waals surface area contributed by atoms with Crippen molar-refractivity contribution in [2.24, 2.45) is 0 Å². The first-order valence-corrected chi connectivity index (χ1v) is 7.81. The molecule has 0 spiro atoms. The van der Waals surface area contributed by atoms with E-state index in [1.807, 2.05) is 11.8 Å². The quantitative estimate of drug-likeness (QED) is 0.586. The van der Waals surface area contributed by atoms with Crippen LogP contribution in [0.2, 0.25) is 0 Å². The molecular formula is C12H18BrFN2S. The van der Waals surface area contributed by atoms with E-state index in [0.717, 1.165) is 13.0 Å². The van der Waals surface area contributed by atoms with Crippen molar-refractivity contribution in [1.29, 1.82) is 0 Å². The van der Waals surface area contributed by atoms with E-state index in [0.29, 0.717) is 15.8 Å². The molecule has 0 heterocycles. The molecule has 0 saturated heterocycles. The van der Waals surface area contributed by atoms with Gasteiger partial charge in [0.15, 0.2) is 0 Å². The maximum Gasteiger partial charge on any atom is 0.139 e. The molecule has 0 radical (unpaired) electrons. The van der Waals surface area contributed by atoms with E-state index >= 15 is 0 Å². The maximum absolute atomic E-state index is 13.3. The summed E-state index contributed by atoms with van der Waals surface area (Å²) >= 11 is 4.97. The molecule has 1 aromatic rings. The smallest absolute Gasteiger partial charge is 0.139 e. The van der Waals surface area contributed by atoms with Gasteiger partial charge < -0.3 is 11.1 Å². The zero-order valence-electron chi connectivity index (χ0n) is 9.93. The molecule has 0 amide bonds. The van der Waals surface area contributed by atoms with E-state index in [-0.39, 0.29) is 5.82 Å². The van der Waals surface area contributed by atoms with Crippen LogP contribution in [-0.2, 0) is 0 Å². The number of halogens is 2. The van der Waals surface area contributed by atoms with Crippen LogP contribution in [0.15, 0.2) is 16.6 Å². The average molecular weight is 321 g/mol. The van der Waals surface area contributed by atoms with Gasteiger partial charge in [-0.05, 0) is 46.8 Å². The SMILES string of the molecule is CSCCCCCNc1cc(F)c(Br)cc1N. The van der Waals surface area contributed by atoms with Gasteiger partial charge in [0.25, 0.3) is 0 Å². The van der Waals surface area contributed by atoms with Crippen molar-refractivity contribution < 1.29 is 4.39 Å². The molecule has 1 rings (SSSR count). The summed E-state index contributed by atoms with van der Waals surface area (Å²) in [6.07, 6.45) is 5.61. The van der Waals surface area contributed by atoms with E-state index in [1.165, 1.54) is 24.7 Å². The number of benzene rings is 1. The van der Waals surface area contributed by atoms with Crippen molar-refractivity contribution in [3.63, 3.8) is 0 Å². The second kappa shape index (κ2) is 7.82. The second-order valence-electron chi connectivity index (χ2n) is 3.83. The summed E-state index contributed by atoms with van der Waals surface area (Å²) in [5, 5.41) is 3.17. The number of hydrogen-bond acceptors (Lipinski definition) is 3. The Labute approximate surface area is 115 Å². The zero-order valence-corrected chi connectivity index (χ0v) is 12.3. The zero-order chi connectivity index (χ0) is 12.7. The molecule has 5 heteroatoms. The molecule has 0 bridgehead atoms. The summed E-state index contributed by atoms with van der Waals surface area (Å²) in [5.41, 5.74) is 7.04. The lowest BCUT2D eigenvalue weighted by Crippen LogP contribution is -2.05. The molecule has 96 valence electrons. The first-order chi connectivity index (χ1) is 8.15. The lowest BCUT2D eigenvalue weighted by molar-refractivity contribution is 0.621.